The number of rotatable bonds is 6. The molecule has 3 rings (SSSR count). The Balaban J connectivity index is 1.77. The number of benzene rings is 1. The molecule has 1 aliphatic rings. The van der Waals surface area contributed by atoms with E-state index in [0.717, 1.165) is 5.69 Å². The second-order valence-corrected chi connectivity index (χ2v) is 7.11. The number of anilines is 4. The fraction of sp³-hybridized carbons (Fsp3) is 0.421. The number of aliphatic hydroxyl groups excluding tert-OH is 1. The van der Waals surface area contributed by atoms with Crippen LogP contribution in [-0.4, -0.2) is 46.4 Å². The van der Waals surface area contributed by atoms with Crippen LogP contribution in [0.15, 0.2) is 36.4 Å². The maximum atomic E-state index is 13.7. The first-order valence-electron chi connectivity index (χ1n) is 9.19. The van der Waals surface area contributed by atoms with Gasteiger partial charge in [-0.15, -0.1) is 0 Å². The Kier molecular flexibility index (Phi) is 5.93. The predicted octanol–water partition coefficient (Wildman–Crippen LogP) is 3.46. The van der Waals surface area contributed by atoms with Crippen molar-refractivity contribution in [2.24, 2.45) is 0 Å². The second kappa shape index (κ2) is 8.39. The van der Waals surface area contributed by atoms with Gasteiger partial charge in [-0.1, -0.05) is 0 Å². The van der Waals surface area contributed by atoms with Gasteiger partial charge in [0.25, 0.3) is 0 Å². The maximum absolute atomic E-state index is 13.7. The number of hydrogen-bond acceptors (Lipinski definition) is 7. The lowest BCUT2D eigenvalue weighted by atomic mass is 10.1. The quantitative estimate of drug-likeness (QED) is 0.513. The summed E-state index contributed by atoms with van der Waals surface area (Å²) in [5.74, 6) is 0.689. The molecule has 1 fully saturated rings. The summed E-state index contributed by atoms with van der Waals surface area (Å²) in [5.41, 5.74) is 1.34. The molecule has 0 amide bonds. The fourth-order valence-electron chi connectivity index (χ4n) is 3.09. The zero-order chi connectivity index (χ0) is 20.3. The molecular weight excluding hydrogens is 365 g/mol. The number of aliphatic hydroxyl groups is 1. The molecule has 2 unspecified atom stereocenters. The molecule has 0 spiro atoms. The van der Waals surface area contributed by atoms with Gasteiger partial charge in [-0.3, -0.25) is 10.1 Å². The van der Waals surface area contributed by atoms with Crippen molar-refractivity contribution >= 4 is 28.7 Å². The van der Waals surface area contributed by atoms with E-state index >= 15 is 0 Å². The van der Waals surface area contributed by atoms with Crippen molar-refractivity contribution < 1.29 is 14.4 Å². The highest BCUT2D eigenvalue weighted by molar-refractivity contribution is 5.69. The highest BCUT2D eigenvalue weighted by Crippen LogP contribution is 2.29. The normalized spacial score (nSPS) is 19.5. The third kappa shape index (κ3) is 4.66. The Morgan fingerprint density at radius 3 is 2.61 bits per heavy atom. The highest BCUT2D eigenvalue weighted by atomic mass is 19.1. The van der Waals surface area contributed by atoms with Crippen LogP contribution in [0.5, 0.6) is 0 Å². The van der Waals surface area contributed by atoms with Crippen molar-refractivity contribution in [3.63, 3.8) is 0 Å². The Labute approximate surface area is 162 Å². The number of nitrogens with one attached hydrogen (secondary N) is 2. The molecule has 1 aromatic heterocycles. The molecule has 8 nitrogen and oxygen atoms in total. The number of nitrogens with zero attached hydrogens (tertiary/aromatic N) is 3. The second-order valence-electron chi connectivity index (χ2n) is 7.11. The van der Waals surface area contributed by atoms with Crippen molar-refractivity contribution in [2.75, 3.05) is 28.6 Å². The summed E-state index contributed by atoms with van der Waals surface area (Å²) in [6, 6.07) is 10.3. The van der Waals surface area contributed by atoms with E-state index < -0.39 is 17.2 Å². The Bertz CT molecular complexity index is 831. The molecule has 0 radical (unpaired) electrons. The summed E-state index contributed by atoms with van der Waals surface area (Å²) in [7, 11) is 0. The van der Waals surface area contributed by atoms with Crippen LogP contribution in [0.2, 0.25) is 0 Å². The van der Waals surface area contributed by atoms with Gasteiger partial charge in [0.2, 0.25) is 5.82 Å². The van der Waals surface area contributed by atoms with Crippen molar-refractivity contribution in [2.45, 2.75) is 38.6 Å². The van der Waals surface area contributed by atoms with Crippen LogP contribution in [0.1, 0.15) is 20.3 Å². The van der Waals surface area contributed by atoms with E-state index in [9.17, 15) is 19.6 Å². The summed E-state index contributed by atoms with van der Waals surface area (Å²) >= 11 is 0. The fourth-order valence-corrected chi connectivity index (χ4v) is 3.09. The van der Waals surface area contributed by atoms with E-state index in [1.165, 1.54) is 6.07 Å². The summed E-state index contributed by atoms with van der Waals surface area (Å²) in [6.45, 7) is 4.63. The number of nitro groups is 1. The lowest BCUT2D eigenvalue weighted by Gasteiger charge is -2.33. The van der Waals surface area contributed by atoms with Gasteiger partial charge in [-0.25, -0.2) is 9.37 Å². The number of halogens is 1. The van der Waals surface area contributed by atoms with E-state index in [1.807, 2.05) is 30.9 Å². The number of alkyl halides is 1. The van der Waals surface area contributed by atoms with Crippen LogP contribution in [0, 0.1) is 10.1 Å². The lowest BCUT2D eigenvalue weighted by molar-refractivity contribution is -0.384. The van der Waals surface area contributed by atoms with E-state index in [-0.39, 0.29) is 24.1 Å². The van der Waals surface area contributed by atoms with Crippen LogP contribution >= 0.6 is 0 Å². The zero-order valence-corrected chi connectivity index (χ0v) is 15.8. The van der Waals surface area contributed by atoms with Gasteiger partial charge in [-0.05, 0) is 50.6 Å². The van der Waals surface area contributed by atoms with Gasteiger partial charge < -0.3 is 20.6 Å². The summed E-state index contributed by atoms with van der Waals surface area (Å²) in [5, 5.41) is 26.9. The number of pyridine rings is 1. The molecule has 9 heteroatoms. The monoisotopic (exact) mass is 389 g/mol. The largest absolute Gasteiger partial charge is 0.390 e. The molecule has 1 aromatic carbocycles. The zero-order valence-electron chi connectivity index (χ0n) is 15.8. The molecule has 2 atom stereocenters. The average molecular weight is 389 g/mol. The van der Waals surface area contributed by atoms with Crippen LogP contribution in [0.25, 0.3) is 0 Å². The van der Waals surface area contributed by atoms with Gasteiger partial charge >= 0.3 is 5.69 Å². The molecule has 1 saturated heterocycles. The molecule has 1 aliphatic heterocycles. The van der Waals surface area contributed by atoms with Crippen molar-refractivity contribution in [3.8, 4) is 0 Å². The topological polar surface area (TPSA) is 104 Å². The number of aromatic nitrogens is 1. The van der Waals surface area contributed by atoms with Gasteiger partial charge in [0.1, 0.15) is 12.0 Å². The van der Waals surface area contributed by atoms with Crippen molar-refractivity contribution in [1.29, 1.82) is 0 Å². The third-order valence-corrected chi connectivity index (χ3v) is 4.51. The first kappa shape index (κ1) is 19.8. The van der Waals surface area contributed by atoms with Gasteiger partial charge in [-0.2, -0.15) is 0 Å². The molecule has 2 heterocycles. The predicted molar refractivity (Wildman–Crippen MR) is 107 cm³/mol. The molecular formula is C19H24FN5O3. The SMILES string of the molecule is CC(C)Nc1ccc([N+](=O)[O-])c(Nc2ccc(N3CCC(O)C(F)C3)cc2)n1. The van der Waals surface area contributed by atoms with Crippen molar-refractivity contribution in [1.82, 2.24) is 4.98 Å². The minimum atomic E-state index is -1.27. The molecule has 150 valence electrons. The van der Waals surface area contributed by atoms with Gasteiger partial charge in [0, 0.05) is 30.0 Å². The smallest absolute Gasteiger partial charge is 0.311 e. The minimum Gasteiger partial charge on any atom is -0.390 e. The lowest BCUT2D eigenvalue weighted by Crippen LogP contribution is -2.44. The Morgan fingerprint density at radius 1 is 1.29 bits per heavy atom. The van der Waals surface area contributed by atoms with Gasteiger partial charge in [0.15, 0.2) is 0 Å². The standard InChI is InChI=1S/C19H24FN5O3/c1-12(2)21-18-8-7-16(25(27)28)19(23-18)22-13-3-5-14(6-4-13)24-10-9-17(26)15(20)11-24/h3-8,12,15,17,26H,9-11H2,1-2H3,(H2,21,22,23). The van der Waals surface area contributed by atoms with Crippen LogP contribution in [0.3, 0.4) is 0 Å². The first-order chi connectivity index (χ1) is 13.3. The van der Waals surface area contributed by atoms with E-state index in [2.05, 4.69) is 15.6 Å². The minimum absolute atomic E-state index is 0.122. The maximum Gasteiger partial charge on any atom is 0.311 e. The summed E-state index contributed by atoms with van der Waals surface area (Å²) in [6.07, 6.45) is -1.79. The molecule has 0 saturated carbocycles. The van der Waals surface area contributed by atoms with Crippen LogP contribution < -0.4 is 15.5 Å². The summed E-state index contributed by atoms with van der Waals surface area (Å²) in [4.78, 5) is 17.0. The Hall–Kier alpha value is -2.94. The molecule has 0 bridgehead atoms. The van der Waals surface area contributed by atoms with E-state index in [0.29, 0.717) is 24.5 Å². The molecule has 0 aliphatic carbocycles. The van der Waals surface area contributed by atoms with E-state index in [4.69, 9.17) is 0 Å². The van der Waals surface area contributed by atoms with Gasteiger partial charge in [0.05, 0.1) is 17.6 Å². The van der Waals surface area contributed by atoms with Crippen LogP contribution in [0.4, 0.5) is 33.1 Å². The number of piperidine rings is 1. The average Bonchev–Trinajstić information content (AvgIpc) is 2.64. The molecule has 2 aromatic rings. The number of hydrogen-bond donors (Lipinski definition) is 3. The molecule has 3 N–H and O–H groups in total. The Morgan fingerprint density at radius 2 is 2.00 bits per heavy atom. The highest BCUT2D eigenvalue weighted by Gasteiger charge is 2.27. The van der Waals surface area contributed by atoms with Crippen LogP contribution in [-0.2, 0) is 0 Å². The third-order valence-electron chi connectivity index (χ3n) is 4.51. The molecule has 28 heavy (non-hydrogen) atoms. The van der Waals surface area contributed by atoms with E-state index in [1.54, 1.807) is 18.2 Å². The summed E-state index contributed by atoms with van der Waals surface area (Å²) < 4.78 is 13.7. The first-order valence-corrected chi connectivity index (χ1v) is 9.19. The van der Waals surface area contributed by atoms with Crippen molar-refractivity contribution in [3.05, 3.63) is 46.5 Å².